The molecule has 2 heterocycles. The van der Waals surface area contributed by atoms with Crippen LogP contribution in [0.1, 0.15) is 23.2 Å². The van der Waals surface area contributed by atoms with E-state index in [-0.39, 0.29) is 17.9 Å². The molecule has 0 saturated carbocycles. The molecule has 124 valence electrons. The highest BCUT2D eigenvalue weighted by atomic mass is 16.5. The molecule has 2 aliphatic rings. The normalized spacial score (nSPS) is 21.3. The lowest BCUT2D eigenvalue weighted by molar-refractivity contribution is -0.139. The Morgan fingerprint density at radius 3 is 2.48 bits per heavy atom. The third-order valence-electron chi connectivity index (χ3n) is 4.46. The van der Waals surface area contributed by atoms with E-state index in [1.54, 1.807) is 36.3 Å². The first-order chi connectivity index (χ1) is 11.2. The zero-order valence-electron chi connectivity index (χ0n) is 13.4. The van der Waals surface area contributed by atoms with Crippen LogP contribution in [-0.4, -0.2) is 67.6 Å². The first-order valence-corrected chi connectivity index (χ1v) is 8.02. The van der Waals surface area contributed by atoms with Gasteiger partial charge in [0.15, 0.2) is 0 Å². The molecule has 0 N–H and O–H groups in total. The summed E-state index contributed by atoms with van der Waals surface area (Å²) in [7, 11) is 1.59. The fourth-order valence-electron chi connectivity index (χ4n) is 3.16. The minimum atomic E-state index is -0.345. The lowest BCUT2D eigenvalue weighted by Crippen LogP contribution is -2.51. The van der Waals surface area contributed by atoms with Crippen LogP contribution in [0, 0.1) is 0 Å². The van der Waals surface area contributed by atoms with Gasteiger partial charge >= 0.3 is 0 Å². The van der Waals surface area contributed by atoms with E-state index in [1.807, 2.05) is 4.90 Å². The van der Waals surface area contributed by atoms with Crippen molar-refractivity contribution in [3.8, 4) is 5.75 Å². The number of morpholine rings is 1. The van der Waals surface area contributed by atoms with Crippen molar-refractivity contribution in [1.29, 1.82) is 0 Å². The summed E-state index contributed by atoms with van der Waals surface area (Å²) >= 11 is 0. The van der Waals surface area contributed by atoms with Crippen molar-refractivity contribution in [2.45, 2.75) is 18.9 Å². The van der Waals surface area contributed by atoms with Crippen molar-refractivity contribution in [3.05, 3.63) is 29.8 Å². The fraction of sp³-hybridized carbons (Fsp3) is 0.529. The van der Waals surface area contributed by atoms with E-state index in [4.69, 9.17) is 9.47 Å². The van der Waals surface area contributed by atoms with E-state index in [2.05, 4.69) is 0 Å². The molecule has 2 aliphatic heterocycles. The van der Waals surface area contributed by atoms with Gasteiger partial charge in [-0.25, -0.2) is 0 Å². The van der Waals surface area contributed by atoms with E-state index < -0.39 is 0 Å². The highest BCUT2D eigenvalue weighted by Gasteiger charge is 2.37. The molecule has 0 aliphatic carbocycles. The number of rotatable bonds is 3. The summed E-state index contributed by atoms with van der Waals surface area (Å²) < 4.78 is 10.4. The molecule has 0 aromatic heterocycles. The Bertz CT molecular complexity index is 566. The van der Waals surface area contributed by atoms with Crippen LogP contribution in [0.4, 0.5) is 0 Å². The van der Waals surface area contributed by atoms with Crippen LogP contribution in [-0.2, 0) is 9.53 Å². The molecule has 6 heteroatoms. The van der Waals surface area contributed by atoms with Gasteiger partial charge in [-0.05, 0) is 37.1 Å². The maximum Gasteiger partial charge on any atom is 0.254 e. The van der Waals surface area contributed by atoms with E-state index in [1.165, 1.54) is 0 Å². The van der Waals surface area contributed by atoms with Crippen LogP contribution in [0.25, 0.3) is 0 Å². The molecular weight excluding hydrogens is 296 g/mol. The topological polar surface area (TPSA) is 59.1 Å². The number of carbonyl (C=O) groups is 2. The zero-order chi connectivity index (χ0) is 16.2. The van der Waals surface area contributed by atoms with Crippen molar-refractivity contribution in [2.75, 3.05) is 40.0 Å². The van der Waals surface area contributed by atoms with Gasteiger partial charge in [0.05, 0.1) is 20.3 Å². The molecule has 0 spiro atoms. The predicted molar refractivity (Wildman–Crippen MR) is 84.5 cm³/mol. The van der Waals surface area contributed by atoms with Gasteiger partial charge in [-0.3, -0.25) is 9.59 Å². The number of amides is 2. The van der Waals surface area contributed by atoms with E-state index in [0.29, 0.717) is 44.2 Å². The highest BCUT2D eigenvalue weighted by Crippen LogP contribution is 2.23. The second-order valence-corrected chi connectivity index (χ2v) is 5.82. The predicted octanol–water partition coefficient (Wildman–Crippen LogP) is 1.16. The maximum absolute atomic E-state index is 12.7. The van der Waals surface area contributed by atoms with Crippen molar-refractivity contribution in [1.82, 2.24) is 9.80 Å². The summed E-state index contributed by atoms with van der Waals surface area (Å²) in [4.78, 5) is 29.0. The average Bonchev–Trinajstić information content (AvgIpc) is 3.11. The largest absolute Gasteiger partial charge is 0.497 e. The van der Waals surface area contributed by atoms with Crippen LogP contribution < -0.4 is 4.74 Å². The third-order valence-corrected chi connectivity index (χ3v) is 4.46. The minimum Gasteiger partial charge on any atom is -0.497 e. The lowest BCUT2D eigenvalue weighted by Gasteiger charge is -2.32. The Morgan fingerprint density at radius 2 is 1.83 bits per heavy atom. The first kappa shape index (κ1) is 15.8. The standard InChI is InChI=1S/C17H22N2O4/c1-22-14-6-4-13(5-7-14)16(20)19-8-2-3-15(19)17(21)18-9-11-23-12-10-18/h4-7,15H,2-3,8-12H2,1H3/t15-/m0/s1. The van der Waals surface area contributed by atoms with Crippen LogP contribution in [0.2, 0.25) is 0 Å². The number of hydrogen-bond acceptors (Lipinski definition) is 4. The molecule has 2 saturated heterocycles. The molecule has 2 fully saturated rings. The number of likely N-dealkylation sites (tertiary alicyclic amines) is 1. The maximum atomic E-state index is 12.7. The van der Waals surface area contributed by atoms with Gasteiger partial charge in [0.2, 0.25) is 5.91 Å². The van der Waals surface area contributed by atoms with Crippen LogP contribution in [0.3, 0.4) is 0 Å². The molecule has 0 unspecified atom stereocenters. The molecule has 3 rings (SSSR count). The molecular formula is C17H22N2O4. The van der Waals surface area contributed by atoms with Gasteiger partial charge in [-0.1, -0.05) is 0 Å². The Morgan fingerprint density at radius 1 is 1.13 bits per heavy atom. The van der Waals surface area contributed by atoms with Crippen LogP contribution >= 0.6 is 0 Å². The van der Waals surface area contributed by atoms with Crippen molar-refractivity contribution in [3.63, 3.8) is 0 Å². The minimum absolute atomic E-state index is 0.0488. The van der Waals surface area contributed by atoms with Gasteiger partial charge in [0, 0.05) is 25.2 Å². The number of carbonyl (C=O) groups excluding carboxylic acids is 2. The summed E-state index contributed by atoms with van der Waals surface area (Å²) in [5, 5.41) is 0. The smallest absolute Gasteiger partial charge is 0.254 e. The number of ether oxygens (including phenoxy) is 2. The van der Waals surface area contributed by atoms with Crippen molar-refractivity contribution in [2.24, 2.45) is 0 Å². The third kappa shape index (κ3) is 3.32. The summed E-state index contributed by atoms with van der Waals surface area (Å²) in [5.41, 5.74) is 0.590. The Balaban J connectivity index is 1.72. The van der Waals surface area contributed by atoms with E-state index in [9.17, 15) is 9.59 Å². The van der Waals surface area contributed by atoms with E-state index >= 15 is 0 Å². The zero-order valence-corrected chi connectivity index (χ0v) is 13.4. The molecule has 2 amide bonds. The molecule has 6 nitrogen and oxygen atoms in total. The highest BCUT2D eigenvalue weighted by molar-refractivity contribution is 5.98. The first-order valence-electron chi connectivity index (χ1n) is 8.02. The SMILES string of the molecule is COc1ccc(C(=O)N2CCC[C@H]2C(=O)N2CCOCC2)cc1. The van der Waals surface area contributed by atoms with Crippen molar-refractivity contribution < 1.29 is 19.1 Å². The summed E-state index contributed by atoms with van der Waals surface area (Å²) in [6.07, 6.45) is 1.60. The molecule has 1 aromatic carbocycles. The van der Waals surface area contributed by atoms with Gasteiger partial charge in [0.1, 0.15) is 11.8 Å². The van der Waals surface area contributed by atoms with Gasteiger partial charge in [0.25, 0.3) is 5.91 Å². The fourth-order valence-corrected chi connectivity index (χ4v) is 3.16. The molecule has 0 bridgehead atoms. The average molecular weight is 318 g/mol. The Kier molecular flexibility index (Phi) is 4.81. The summed E-state index contributed by atoms with van der Waals surface area (Å²) in [6.45, 7) is 3.00. The Hall–Kier alpha value is -2.08. The molecule has 0 radical (unpaired) electrons. The number of nitrogens with zero attached hydrogens (tertiary/aromatic N) is 2. The molecule has 23 heavy (non-hydrogen) atoms. The Labute approximate surface area is 136 Å². The number of hydrogen-bond donors (Lipinski definition) is 0. The van der Waals surface area contributed by atoms with Gasteiger partial charge in [-0.15, -0.1) is 0 Å². The van der Waals surface area contributed by atoms with Gasteiger partial charge in [-0.2, -0.15) is 0 Å². The summed E-state index contributed by atoms with van der Waals surface area (Å²) in [5.74, 6) is 0.674. The summed E-state index contributed by atoms with van der Waals surface area (Å²) in [6, 6.07) is 6.68. The van der Waals surface area contributed by atoms with E-state index in [0.717, 1.165) is 12.8 Å². The van der Waals surface area contributed by atoms with Gasteiger partial charge < -0.3 is 19.3 Å². The number of benzene rings is 1. The van der Waals surface area contributed by atoms with Crippen molar-refractivity contribution >= 4 is 11.8 Å². The molecule has 1 aromatic rings. The van der Waals surface area contributed by atoms with Crippen LogP contribution in [0.15, 0.2) is 24.3 Å². The molecule has 1 atom stereocenters. The lowest BCUT2D eigenvalue weighted by atomic mass is 10.1. The van der Waals surface area contributed by atoms with Crippen LogP contribution in [0.5, 0.6) is 5.75 Å². The quantitative estimate of drug-likeness (QED) is 0.839. The second kappa shape index (κ2) is 7.00. The number of methoxy groups -OCH3 is 1. The monoisotopic (exact) mass is 318 g/mol. The second-order valence-electron chi connectivity index (χ2n) is 5.82.